The number of nitrogens with one attached hydrogen (secondary N) is 1. The maximum absolute atomic E-state index is 12.0. The number of hydrogen-bond acceptors (Lipinski definition) is 5. The average molecular weight is 315 g/mol. The van der Waals surface area contributed by atoms with Crippen molar-refractivity contribution in [2.24, 2.45) is 0 Å². The van der Waals surface area contributed by atoms with Gasteiger partial charge in [0, 0.05) is 24.5 Å². The minimum Gasteiger partial charge on any atom is -0.372 e. The Morgan fingerprint density at radius 1 is 1.26 bits per heavy atom. The summed E-state index contributed by atoms with van der Waals surface area (Å²) in [5.41, 5.74) is 1.86. The van der Waals surface area contributed by atoms with E-state index in [1.807, 2.05) is 24.3 Å². The molecule has 2 aromatic rings. The smallest absolute Gasteiger partial charge is 0.372 e. The lowest BCUT2D eigenvalue weighted by Gasteiger charge is -2.17. The van der Waals surface area contributed by atoms with E-state index in [1.54, 1.807) is 0 Å². The van der Waals surface area contributed by atoms with Crippen molar-refractivity contribution >= 4 is 23.1 Å². The van der Waals surface area contributed by atoms with E-state index >= 15 is 0 Å². The highest BCUT2D eigenvalue weighted by Gasteiger charge is 2.13. The second kappa shape index (κ2) is 6.47. The number of hydrogen-bond donors (Lipinski definition) is 1. The van der Waals surface area contributed by atoms with Crippen LogP contribution >= 0.6 is 0 Å². The number of aromatic nitrogens is 2. The number of rotatable bonds is 5. The second-order valence-electron chi connectivity index (χ2n) is 5.45. The van der Waals surface area contributed by atoms with Crippen LogP contribution in [0.5, 0.6) is 0 Å². The highest BCUT2D eigenvalue weighted by molar-refractivity contribution is 5.90. The fourth-order valence-electron chi connectivity index (χ4n) is 2.63. The molecule has 8 nitrogen and oxygen atoms in total. The first-order valence-corrected chi connectivity index (χ1v) is 7.43. The number of carbonyl (C=O) groups is 1. The van der Waals surface area contributed by atoms with Crippen molar-refractivity contribution in [1.29, 1.82) is 0 Å². The van der Waals surface area contributed by atoms with Crippen LogP contribution in [0.3, 0.4) is 0 Å². The second-order valence-corrected chi connectivity index (χ2v) is 5.45. The molecule has 2 heterocycles. The maximum atomic E-state index is 12.0. The summed E-state index contributed by atoms with van der Waals surface area (Å²) in [4.78, 5) is 27.9. The standard InChI is InChI=1S/C15H17N5O3/c21-15(10-18-9-14(16-11-18)20(22)23)17-12-3-5-13(6-4-12)19-7-1-2-8-19/h3-6,9,11H,1-2,7-8,10H2,(H,17,21). The van der Waals surface area contributed by atoms with E-state index in [1.165, 1.54) is 29.9 Å². The molecular formula is C15H17N5O3. The molecule has 120 valence electrons. The van der Waals surface area contributed by atoms with E-state index in [2.05, 4.69) is 15.2 Å². The Balaban J connectivity index is 1.57. The Morgan fingerprint density at radius 3 is 2.57 bits per heavy atom. The van der Waals surface area contributed by atoms with Gasteiger partial charge in [-0.1, -0.05) is 0 Å². The third-order valence-electron chi connectivity index (χ3n) is 3.76. The number of carbonyl (C=O) groups excluding carboxylic acids is 1. The molecule has 3 rings (SSSR count). The first-order chi connectivity index (χ1) is 11.1. The first kappa shape index (κ1) is 15.0. The molecule has 1 fully saturated rings. The Bertz CT molecular complexity index is 704. The summed E-state index contributed by atoms with van der Waals surface area (Å²) in [6.45, 7) is 2.13. The van der Waals surface area contributed by atoms with Crippen molar-refractivity contribution < 1.29 is 9.72 Å². The van der Waals surface area contributed by atoms with Gasteiger partial charge in [0.2, 0.25) is 12.2 Å². The van der Waals surface area contributed by atoms with Crippen molar-refractivity contribution in [2.75, 3.05) is 23.3 Å². The molecule has 23 heavy (non-hydrogen) atoms. The number of nitrogens with zero attached hydrogens (tertiary/aromatic N) is 4. The van der Waals surface area contributed by atoms with Gasteiger partial charge < -0.3 is 24.9 Å². The number of benzene rings is 1. The van der Waals surface area contributed by atoms with Crippen LogP contribution in [-0.4, -0.2) is 33.5 Å². The largest absolute Gasteiger partial charge is 0.381 e. The van der Waals surface area contributed by atoms with Crippen LogP contribution in [0.2, 0.25) is 0 Å². The lowest BCUT2D eigenvalue weighted by molar-refractivity contribution is -0.389. The molecule has 0 bridgehead atoms. The Hall–Kier alpha value is -2.90. The van der Waals surface area contributed by atoms with E-state index < -0.39 is 4.92 Å². The van der Waals surface area contributed by atoms with Gasteiger partial charge in [0.15, 0.2) is 0 Å². The summed E-state index contributed by atoms with van der Waals surface area (Å²) in [6, 6.07) is 7.70. The lowest BCUT2D eigenvalue weighted by atomic mass is 10.2. The van der Waals surface area contributed by atoms with Crippen molar-refractivity contribution in [3.8, 4) is 0 Å². The van der Waals surface area contributed by atoms with Gasteiger partial charge >= 0.3 is 5.82 Å². The first-order valence-electron chi connectivity index (χ1n) is 7.43. The van der Waals surface area contributed by atoms with Gasteiger partial charge in [0.25, 0.3) is 0 Å². The van der Waals surface area contributed by atoms with Gasteiger partial charge in [-0.3, -0.25) is 4.79 Å². The SMILES string of the molecule is O=C(Cn1cnc([N+](=O)[O-])c1)Nc1ccc(N2CCCC2)cc1. The topological polar surface area (TPSA) is 93.3 Å². The highest BCUT2D eigenvalue weighted by Crippen LogP contribution is 2.22. The van der Waals surface area contributed by atoms with E-state index in [9.17, 15) is 14.9 Å². The molecule has 1 aromatic heterocycles. The molecule has 1 amide bonds. The molecule has 8 heteroatoms. The fourth-order valence-corrected chi connectivity index (χ4v) is 2.63. The summed E-state index contributed by atoms with van der Waals surface area (Å²) in [5, 5.41) is 13.3. The molecule has 1 saturated heterocycles. The molecule has 0 aliphatic carbocycles. The van der Waals surface area contributed by atoms with Crippen LogP contribution in [0.15, 0.2) is 36.8 Å². The predicted molar refractivity (Wildman–Crippen MR) is 85.4 cm³/mol. The highest BCUT2D eigenvalue weighted by atomic mass is 16.6. The van der Waals surface area contributed by atoms with Gasteiger partial charge in [0.1, 0.15) is 12.7 Å². The minimum atomic E-state index is -0.592. The van der Waals surface area contributed by atoms with Gasteiger partial charge in [-0.05, 0) is 47.0 Å². The molecular weight excluding hydrogens is 298 g/mol. The number of anilines is 2. The van der Waals surface area contributed by atoms with E-state index in [0.717, 1.165) is 18.8 Å². The van der Waals surface area contributed by atoms with Crippen molar-refractivity contribution in [3.63, 3.8) is 0 Å². The lowest BCUT2D eigenvalue weighted by Crippen LogP contribution is -2.19. The maximum Gasteiger partial charge on any atom is 0.381 e. The number of amides is 1. The van der Waals surface area contributed by atoms with Crippen LogP contribution in [-0.2, 0) is 11.3 Å². The van der Waals surface area contributed by atoms with Crippen LogP contribution in [0, 0.1) is 10.1 Å². The zero-order chi connectivity index (χ0) is 16.2. The van der Waals surface area contributed by atoms with E-state index in [4.69, 9.17) is 0 Å². The van der Waals surface area contributed by atoms with Gasteiger partial charge in [-0.25, -0.2) is 0 Å². The fraction of sp³-hybridized carbons (Fsp3) is 0.333. The van der Waals surface area contributed by atoms with Crippen LogP contribution in [0.25, 0.3) is 0 Å². The zero-order valence-corrected chi connectivity index (χ0v) is 12.5. The van der Waals surface area contributed by atoms with E-state index in [0.29, 0.717) is 5.69 Å². The quantitative estimate of drug-likeness (QED) is 0.673. The van der Waals surface area contributed by atoms with Gasteiger partial charge in [0.05, 0.1) is 0 Å². The van der Waals surface area contributed by atoms with Crippen LogP contribution in [0.1, 0.15) is 12.8 Å². The molecule has 0 atom stereocenters. The Labute approximate surface area is 132 Å². The Kier molecular flexibility index (Phi) is 4.22. The number of nitro groups is 1. The average Bonchev–Trinajstić information content (AvgIpc) is 3.19. The van der Waals surface area contributed by atoms with Crippen molar-refractivity contribution in [3.05, 3.63) is 46.9 Å². The molecule has 0 unspecified atom stereocenters. The molecule has 1 N–H and O–H groups in total. The molecule has 0 saturated carbocycles. The van der Waals surface area contributed by atoms with Crippen molar-refractivity contribution in [1.82, 2.24) is 9.55 Å². The zero-order valence-electron chi connectivity index (χ0n) is 12.5. The van der Waals surface area contributed by atoms with Crippen LogP contribution in [0.4, 0.5) is 17.2 Å². The molecule has 1 aliphatic heterocycles. The molecule has 0 spiro atoms. The van der Waals surface area contributed by atoms with E-state index in [-0.39, 0.29) is 18.3 Å². The summed E-state index contributed by atoms with van der Waals surface area (Å²) < 4.78 is 1.38. The summed E-state index contributed by atoms with van der Waals surface area (Å²) in [6.07, 6.45) is 4.94. The van der Waals surface area contributed by atoms with Crippen LogP contribution < -0.4 is 10.2 Å². The minimum absolute atomic E-state index is 0.0191. The molecule has 0 radical (unpaired) electrons. The predicted octanol–water partition coefficient (Wildman–Crippen LogP) is 2.03. The molecule has 1 aliphatic rings. The Morgan fingerprint density at radius 2 is 1.96 bits per heavy atom. The third-order valence-corrected chi connectivity index (χ3v) is 3.76. The van der Waals surface area contributed by atoms with Crippen molar-refractivity contribution in [2.45, 2.75) is 19.4 Å². The van der Waals surface area contributed by atoms with Gasteiger partial charge in [-0.2, -0.15) is 0 Å². The summed E-state index contributed by atoms with van der Waals surface area (Å²) >= 11 is 0. The third kappa shape index (κ3) is 3.65. The monoisotopic (exact) mass is 315 g/mol. The summed E-state index contributed by atoms with van der Waals surface area (Å²) in [5.74, 6) is -0.529. The molecule has 1 aromatic carbocycles. The summed E-state index contributed by atoms with van der Waals surface area (Å²) in [7, 11) is 0. The van der Waals surface area contributed by atoms with Gasteiger partial charge in [-0.15, -0.1) is 0 Å². The normalized spacial score (nSPS) is 14.0. The number of imidazole rings is 1.